The van der Waals surface area contributed by atoms with Crippen molar-refractivity contribution in [3.8, 4) is 0 Å². The van der Waals surface area contributed by atoms with Crippen molar-refractivity contribution in [2.75, 3.05) is 7.05 Å². The van der Waals surface area contributed by atoms with Crippen LogP contribution in [-0.4, -0.2) is 29.0 Å². The first kappa shape index (κ1) is 13.1. The molecule has 90 valence electrons. The van der Waals surface area contributed by atoms with Gasteiger partial charge in [-0.1, -0.05) is 13.0 Å². The summed E-state index contributed by atoms with van der Waals surface area (Å²) in [4.78, 5) is 6.76. The lowest BCUT2D eigenvalue weighted by molar-refractivity contribution is 0.213. The van der Waals surface area contributed by atoms with Crippen molar-refractivity contribution in [2.24, 2.45) is 5.73 Å². The summed E-state index contributed by atoms with van der Waals surface area (Å²) in [6.45, 7) is 7.17. The Labute approximate surface area is 98.7 Å². The molecule has 2 atom stereocenters. The van der Waals surface area contributed by atoms with E-state index in [4.69, 9.17) is 5.73 Å². The monoisotopic (exact) mass is 221 g/mol. The number of aryl methyl sites for hydroxylation is 1. The Balaban J connectivity index is 2.60. The quantitative estimate of drug-likeness (QED) is 0.826. The number of likely N-dealkylation sites (N-methyl/N-ethyl adjacent to an activating group) is 1. The number of hydrogen-bond donors (Lipinski definition) is 1. The molecule has 1 heterocycles. The molecule has 16 heavy (non-hydrogen) atoms. The third kappa shape index (κ3) is 3.58. The van der Waals surface area contributed by atoms with Crippen LogP contribution in [0.15, 0.2) is 18.2 Å². The van der Waals surface area contributed by atoms with Crippen molar-refractivity contribution in [2.45, 2.75) is 45.8 Å². The second-order valence-electron chi connectivity index (χ2n) is 4.50. The fourth-order valence-electron chi connectivity index (χ4n) is 1.76. The van der Waals surface area contributed by atoms with Gasteiger partial charge in [-0.15, -0.1) is 0 Å². The molecule has 0 bridgehead atoms. The normalized spacial score (nSPS) is 15.1. The molecule has 0 radical (unpaired) electrons. The third-order valence-corrected chi connectivity index (χ3v) is 3.14. The smallest absolute Gasteiger partial charge is 0.0547 e. The summed E-state index contributed by atoms with van der Waals surface area (Å²) < 4.78 is 0. The Morgan fingerprint density at radius 2 is 2.12 bits per heavy atom. The highest BCUT2D eigenvalue weighted by atomic mass is 15.1. The Morgan fingerprint density at radius 1 is 1.44 bits per heavy atom. The van der Waals surface area contributed by atoms with Crippen molar-refractivity contribution in [1.82, 2.24) is 9.88 Å². The van der Waals surface area contributed by atoms with Gasteiger partial charge in [0.05, 0.1) is 5.69 Å². The van der Waals surface area contributed by atoms with E-state index in [9.17, 15) is 0 Å². The molecule has 0 aliphatic rings. The molecule has 0 spiro atoms. The summed E-state index contributed by atoms with van der Waals surface area (Å²) >= 11 is 0. The summed E-state index contributed by atoms with van der Waals surface area (Å²) in [5.41, 5.74) is 8.22. The van der Waals surface area contributed by atoms with Crippen LogP contribution in [-0.2, 0) is 6.54 Å². The Hall–Kier alpha value is -0.930. The molecular formula is C13H23N3. The molecular weight excluding hydrogens is 198 g/mol. The van der Waals surface area contributed by atoms with E-state index in [1.165, 1.54) is 0 Å². The molecule has 3 heteroatoms. The second kappa shape index (κ2) is 5.97. The fraction of sp³-hybridized carbons (Fsp3) is 0.615. The van der Waals surface area contributed by atoms with Gasteiger partial charge in [-0.2, -0.15) is 0 Å². The van der Waals surface area contributed by atoms with Gasteiger partial charge in [-0.3, -0.25) is 9.88 Å². The zero-order chi connectivity index (χ0) is 12.1. The summed E-state index contributed by atoms with van der Waals surface area (Å²) in [7, 11) is 2.10. The minimum Gasteiger partial charge on any atom is -0.326 e. The average Bonchev–Trinajstić information content (AvgIpc) is 2.27. The number of aromatic nitrogens is 1. The third-order valence-electron chi connectivity index (χ3n) is 3.14. The molecule has 0 amide bonds. The summed E-state index contributed by atoms with van der Waals surface area (Å²) in [5, 5.41) is 0. The van der Waals surface area contributed by atoms with Crippen LogP contribution in [0, 0.1) is 6.92 Å². The van der Waals surface area contributed by atoms with E-state index in [-0.39, 0.29) is 6.04 Å². The molecule has 2 unspecified atom stereocenters. The average molecular weight is 221 g/mol. The van der Waals surface area contributed by atoms with Crippen LogP contribution >= 0.6 is 0 Å². The standard InChI is InChI=1S/C13H23N3/c1-5-13(14)11(3)16(4)9-12-8-6-7-10(2)15-12/h6-8,11,13H,5,9,14H2,1-4H3. The van der Waals surface area contributed by atoms with Gasteiger partial charge in [0.25, 0.3) is 0 Å². The number of rotatable bonds is 5. The summed E-state index contributed by atoms with van der Waals surface area (Å²) in [6.07, 6.45) is 1.01. The fourth-order valence-corrected chi connectivity index (χ4v) is 1.76. The lowest BCUT2D eigenvalue weighted by Gasteiger charge is -2.28. The molecule has 0 saturated carbocycles. The number of pyridine rings is 1. The van der Waals surface area contributed by atoms with Gasteiger partial charge in [-0.25, -0.2) is 0 Å². The Morgan fingerprint density at radius 3 is 2.69 bits per heavy atom. The molecule has 0 fully saturated rings. The van der Waals surface area contributed by atoms with Gasteiger partial charge in [-0.05, 0) is 39.4 Å². The minimum absolute atomic E-state index is 0.231. The first-order valence-corrected chi connectivity index (χ1v) is 5.93. The van der Waals surface area contributed by atoms with Crippen LogP contribution in [0.5, 0.6) is 0 Å². The van der Waals surface area contributed by atoms with Crippen molar-refractivity contribution in [1.29, 1.82) is 0 Å². The topological polar surface area (TPSA) is 42.1 Å². The SMILES string of the molecule is CCC(N)C(C)N(C)Cc1cccc(C)n1. The zero-order valence-corrected chi connectivity index (χ0v) is 10.8. The van der Waals surface area contributed by atoms with Gasteiger partial charge in [0.1, 0.15) is 0 Å². The van der Waals surface area contributed by atoms with Crippen molar-refractivity contribution in [3.05, 3.63) is 29.6 Å². The van der Waals surface area contributed by atoms with Gasteiger partial charge in [0.2, 0.25) is 0 Å². The lowest BCUT2D eigenvalue weighted by atomic mass is 10.1. The Kier molecular flexibility index (Phi) is 4.90. The number of nitrogens with zero attached hydrogens (tertiary/aromatic N) is 2. The number of nitrogens with two attached hydrogens (primary N) is 1. The van der Waals surface area contributed by atoms with Gasteiger partial charge in [0, 0.05) is 24.3 Å². The van der Waals surface area contributed by atoms with Gasteiger partial charge >= 0.3 is 0 Å². The first-order valence-electron chi connectivity index (χ1n) is 5.93. The highest BCUT2D eigenvalue weighted by Crippen LogP contribution is 2.08. The van der Waals surface area contributed by atoms with Crippen LogP contribution in [0.2, 0.25) is 0 Å². The van der Waals surface area contributed by atoms with Crippen LogP contribution in [0.3, 0.4) is 0 Å². The molecule has 0 saturated heterocycles. The molecule has 1 rings (SSSR count). The van der Waals surface area contributed by atoms with E-state index in [0.29, 0.717) is 6.04 Å². The second-order valence-corrected chi connectivity index (χ2v) is 4.50. The number of hydrogen-bond acceptors (Lipinski definition) is 3. The van der Waals surface area contributed by atoms with Crippen molar-refractivity contribution < 1.29 is 0 Å². The largest absolute Gasteiger partial charge is 0.326 e. The van der Waals surface area contributed by atoms with E-state index in [0.717, 1.165) is 24.4 Å². The summed E-state index contributed by atoms with van der Waals surface area (Å²) in [5.74, 6) is 0. The molecule has 0 aliphatic heterocycles. The Bertz CT molecular complexity index is 325. The van der Waals surface area contributed by atoms with E-state index >= 15 is 0 Å². The highest BCUT2D eigenvalue weighted by Gasteiger charge is 2.16. The maximum absolute atomic E-state index is 6.04. The molecule has 0 aromatic carbocycles. The predicted molar refractivity (Wildman–Crippen MR) is 68.2 cm³/mol. The summed E-state index contributed by atoms with van der Waals surface area (Å²) in [6, 6.07) is 6.75. The molecule has 0 aliphatic carbocycles. The van der Waals surface area contributed by atoms with E-state index in [2.05, 4.69) is 42.9 Å². The molecule has 1 aromatic heterocycles. The maximum Gasteiger partial charge on any atom is 0.0547 e. The van der Waals surface area contributed by atoms with E-state index < -0.39 is 0 Å². The van der Waals surface area contributed by atoms with E-state index in [1.54, 1.807) is 0 Å². The van der Waals surface area contributed by atoms with Crippen molar-refractivity contribution >= 4 is 0 Å². The molecule has 2 N–H and O–H groups in total. The van der Waals surface area contributed by atoms with E-state index in [1.807, 2.05) is 13.0 Å². The molecule has 3 nitrogen and oxygen atoms in total. The van der Waals surface area contributed by atoms with Crippen molar-refractivity contribution in [3.63, 3.8) is 0 Å². The zero-order valence-electron chi connectivity index (χ0n) is 10.8. The predicted octanol–water partition coefficient (Wildman–Crippen LogP) is 1.95. The van der Waals surface area contributed by atoms with Gasteiger partial charge in [0.15, 0.2) is 0 Å². The van der Waals surface area contributed by atoms with Crippen LogP contribution in [0.1, 0.15) is 31.7 Å². The van der Waals surface area contributed by atoms with Crippen LogP contribution in [0.4, 0.5) is 0 Å². The van der Waals surface area contributed by atoms with Gasteiger partial charge < -0.3 is 5.73 Å². The highest BCUT2D eigenvalue weighted by molar-refractivity contribution is 5.09. The molecule has 1 aromatic rings. The minimum atomic E-state index is 0.231. The lowest BCUT2D eigenvalue weighted by Crippen LogP contribution is -2.43. The maximum atomic E-state index is 6.04. The first-order chi connectivity index (χ1) is 7.54. The van der Waals surface area contributed by atoms with Crippen LogP contribution < -0.4 is 5.73 Å². The van der Waals surface area contributed by atoms with Crippen LogP contribution in [0.25, 0.3) is 0 Å².